The van der Waals surface area contributed by atoms with Crippen molar-refractivity contribution < 1.29 is 5.11 Å². The number of H-pyrrole nitrogens is 1. The van der Waals surface area contributed by atoms with Crippen LogP contribution in [0.3, 0.4) is 0 Å². The number of rotatable bonds is 4. The minimum atomic E-state index is 0.146. The summed E-state index contributed by atoms with van der Waals surface area (Å²) in [4.78, 5) is 14.9. The van der Waals surface area contributed by atoms with Crippen molar-refractivity contribution in [3.05, 3.63) is 64.6 Å². The summed E-state index contributed by atoms with van der Waals surface area (Å²) in [5, 5.41) is 13.5. The van der Waals surface area contributed by atoms with Crippen molar-refractivity contribution >= 4 is 23.5 Å². The molecule has 8 nitrogen and oxygen atoms in total. The monoisotopic (exact) mass is 461 g/mol. The van der Waals surface area contributed by atoms with Gasteiger partial charge in [0.15, 0.2) is 0 Å². The molecule has 0 amide bonds. The number of anilines is 2. The summed E-state index contributed by atoms with van der Waals surface area (Å²) in [6.07, 6.45) is 8.89. The first-order chi connectivity index (χ1) is 16.6. The fraction of sp³-hybridized carbons (Fsp3) is 0.385. The van der Waals surface area contributed by atoms with Crippen molar-refractivity contribution in [2.24, 2.45) is 5.73 Å². The van der Waals surface area contributed by atoms with E-state index in [2.05, 4.69) is 25.2 Å². The van der Waals surface area contributed by atoms with Gasteiger partial charge in [-0.1, -0.05) is 26.0 Å². The molecule has 1 saturated heterocycles. The molecular weight excluding hydrogens is 426 g/mol. The number of nitrogens with zero attached hydrogens (tertiary/aromatic N) is 3. The lowest BCUT2D eigenvalue weighted by Crippen LogP contribution is -2.32. The Morgan fingerprint density at radius 2 is 1.85 bits per heavy atom. The van der Waals surface area contributed by atoms with Crippen molar-refractivity contribution in [3.8, 4) is 5.75 Å². The summed E-state index contributed by atoms with van der Waals surface area (Å²) in [6, 6.07) is 7.03. The number of aromatic hydroxyl groups is 1. The summed E-state index contributed by atoms with van der Waals surface area (Å²) in [5.41, 5.74) is 18.0. The number of aromatic nitrogens is 3. The molecule has 7 N–H and O–H groups in total. The van der Waals surface area contributed by atoms with Crippen LogP contribution in [0.15, 0.2) is 36.7 Å². The van der Waals surface area contributed by atoms with E-state index >= 15 is 0 Å². The van der Waals surface area contributed by atoms with Gasteiger partial charge in [0.1, 0.15) is 11.6 Å². The first kappa shape index (κ1) is 23.6. The quantitative estimate of drug-likeness (QED) is 0.401. The van der Waals surface area contributed by atoms with E-state index in [9.17, 15) is 5.11 Å². The van der Waals surface area contributed by atoms with E-state index in [-0.39, 0.29) is 5.75 Å². The number of nitrogens with one attached hydrogen (secondary N) is 2. The Kier molecular flexibility index (Phi) is 7.37. The third-order valence-electron chi connectivity index (χ3n) is 6.51. The first-order valence-electron chi connectivity index (χ1n) is 12.1. The standard InChI is InChI=1S/C24H29N7O.C2H6/c25-20(17-3-1-2-4-22(17)32)11-18-19-14-31(10-7-21(19)30-23(18)26)24-28-12-16(13-29-24)15-5-8-27-9-6-15;1-2/h1-4,11-13,15,27,30,32H,5-10,14,25-26H2;1-2H3/b20-11-;. The Bertz CT molecular complexity index is 1130. The minimum Gasteiger partial charge on any atom is -0.507 e. The van der Waals surface area contributed by atoms with Gasteiger partial charge in [-0.05, 0) is 55.6 Å². The van der Waals surface area contributed by atoms with Crippen molar-refractivity contribution in [2.75, 3.05) is 30.3 Å². The van der Waals surface area contributed by atoms with Crippen LogP contribution >= 0.6 is 0 Å². The highest BCUT2D eigenvalue weighted by Gasteiger charge is 2.25. The largest absolute Gasteiger partial charge is 0.507 e. The van der Waals surface area contributed by atoms with Gasteiger partial charge < -0.3 is 31.8 Å². The van der Waals surface area contributed by atoms with Crippen LogP contribution in [0.25, 0.3) is 11.8 Å². The molecule has 2 aliphatic rings. The van der Waals surface area contributed by atoms with Gasteiger partial charge in [0.2, 0.25) is 5.95 Å². The maximum atomic E-state index is 10.1. The number of aromatic amines is 1. The highest BCUT2D eigenvalue weighted by molar-refractivity contribution is 5.86. The predicted molar refractivity (Wildman–Crippen MR) is 138 cm³/mol. The molecule has 0 bridgehead atoms. The maximum Gasteiger partial charge on any atom is 0.225 e. The zero-order chi connectivity index (χ0) is 24.1. The molecule has 180 valence electrons. The average molecular weight is 462 g/mol. The number of fused-ring (bicyclic) bond motifs is 1. The molecule has 5 rings (SSSR count). The van der Waals surface area contributed by atoms with Crippen LogP contribution < -0.4 is 21.7 Å². The van der Waals surface area contributed by atoms with Gasteiger partial charge in [0.05, 0.1) is 0 Å². The summed E-state index contributed by atoms with van der Waals surface area (Å²) >= 11 is 0. The number of hydrogen-bond donors (Lipinski definition) is 5. The van der Waals surface area contributed by atoms with Gasteiger partial charge in [-0.3, -0.25) is 0 Å². The van der Waals surface area contributed by atoms with E-state index in [0.717, 1.165) is 61.7 Å². The highest BCUT2D eigenvalue weighted by Crippen LogP contribution is 2.32. The number of piperidine rings is 1. The molecule has 2 aromatic heterocycles. The Balaban J connectivity index is 0.00000133. The molecule has 0 atom stereocenters. The molecule has 34 heavy (non-hydrogen) atoms. The van der Waals surface area contributed by atoms with Gasteiger partial charge in [0, 0.05) is 60.0 Å². The van der Waals surface area contributed by atoms with Gasteiger partial charge in [-0.25, -0.2) is 9.97 Å². The molecule has 3 aromatic rings. The molecule has 1 aromatic carbocycles. The maximum absolute atomic E-state index is 10.1. The normalized spacial score (nSPS) is 16.5. The second-order valence-corrected chi connectivity index (χ2v) is 8.54. The molecule has 0 spiro atoms. The highest BCUT2D eigenvalue weighted by atomic mass is 16.3. The van der Waals surface area contributed by atoms with Crippen LogP contribution in [0.5, 0.6) is 5.75 Å². The second kappa shape index (κ2) is 10.6. The Morgan fingerprint density at radius 1 is 1.15 bits per heavy atom. The molecule has 0 aliphatic carbocycles. The lowest BCUT2D eigenvalue weighted by Gasteiger charge is -2.28. The lowest BCUT2D eigenvalue weighted by atomic mass is 9.92. The van der Waals surface area contributed by atoms with Gasteiger partial charge in [0.25, 0.3) is 0 Å². The summed E-state index contributed by atoms with van der Waals surface area (Å²) in [7, 11) is 0. The van der Waals surface area contributed by atoms with Crippen molar-refractivity contribution in [3.63, 3.8) is 0 Å². The van der Waals surface area contributed by atoms with Crippen molar-refractivity contribution in [1.82, 2.24) is 20.3 Å². The van der Waals surface area contributed by atoms with E-state index in [4.69, 9.17) is 11.5 Å². The molecule has 0 unspecified atom stereocenters. The van der Waals surface area contributed by atoms with Crippen LogP contribution in [-0.2, 0) is 13.0 Å². The fourth-order valence-corrected chi connectivity index (χ4v) is 4.69. The SMILES string of the molecule is CC.N/C(=C\c1c(N)[nH]c2c1CN(c1ncc(C3CCNCC3)cn1)CC2)c1ccccc1O. The van der Waals surface area contributed by atoms with E-state index in [1.807, 2.05) is 38.4 Å². The molecule has 8 heteroatoms. The number of phenolic OH excluding ortho intramolecular Hbond substituents is 1. The molecule has 0 saturated carbocycles. The van der Waals surface area contributed by atoms with Crippen molar-refractivity contribution in [2.45, 2.75) is 45.6 Å². The van der Waals surface area contributed by atoms with Crippen LogP contribution in [-0.4, -0.2) is 39.7 Å². The average Bonchev–Trinajstić information content (AvgIpc) is 3.20. The van der Waals surface area contributed by atoms with Gasteiger partial charge in [-0.15, -0.1) is 0 Å². The van der Waals surface area contributed by atoms with E-state index < -0.39 is 0 Å². The van der Waals surface area contributed by atoms with Crippen LogP contribution in [0.2, 0.25) is 0 Å². The zero-order valence-corrected chi connectivity index (χ0v) is 20.0. The Labute approximate surface area is 201 Å². The van der Waals surface area contributed by atoms with E-state index in [0.29, 0.717) is 29.5 Å². The van der Waals surface area contributed by atoms with Gasteiger partial charge in [-0.2, -0.15) is 0 Å². The van der Waals surface area contributed by atoms with E-state index in [1.54, 1.807) is 18.2 Å². The molecule has 2 aliphatic heterocycles. The molecule has 1 fully saturated rings. The lowest BCUT2D eigenvalue weighted by molar-refractivity contribution is 0.458. The number of nitrogen functional groups attached to an aromatic ring is 1. The topological polar surface area (TPSA) is 129 Å². The molecular formula is C26H35N7O. The first-order valence-corrected chi connectivity index (χ1v) is 12.1. The molecule has 4 heterocycles. The number of para-hydroxylation sites is 1. The predicted octanol–water partition coefficient (Wildman–Crippen LogP) is 3.61. The minimum absolute atomic E-state index is 0.146. The van der Waals surface area contributed by atoms with Crippen LogP contribution in [0.4, 0.5) is 11.8 Å². The van der Waals surface area contributed by atoms with Crippen molar-refractivity contribution in [1.29, 1.82) is 0 Å². The smallest absolute Gasteiger partial charge is 0.225 e. The number of nitrogens with two attached hydrogens (primary N) is 2. The molecule has 0 radical (unpaired) electrons. The Morgan fingerprint density at radius 3 is 2.56 bits per heavy atom. The second-order valence-electron chi connectivity index (χ2n) is 8.54. The third kappa shape index (κ3) is 4.87. The van der Waals surface area contributed by atoms with Crippen LogP contribution in [0.1, 0.15) is 60.6 Å². The van der Waals surface area contributed by atoms with Gasteiger partial charge >= 0.3 is 0 Å². The Hall–Kier alpha value is -3.52. The summed E-state index contributed by atoms with van der Waals surface area (Å²) in [5.74, 6) is 2.00. The number of benzene rings is 1. The summed E-state index contributed by atoms with van der Waals surface area (Å²) < 4.78 is 0. The zero-order valence-electron chi connectivity index (χ0n) is 20.0. The van der Waals surface area contributed by atoms with E-state index in [1.165, 1.54) is 5.56 Å². The fourth-order valence-electron chi connectivity index (χ4n) is 4.69. The number of hydrogen-bond acceptors (Lipinski definition) is 7. The van der Waals surface area contributed by atoms with Crippen LogP contribution in [0, 0.1) is 0 Å². The number of phenols is 1. The summed E-state index contributed by atoms with van der Waals surface area (Å²) in [6.45, 7) is 7.57. The third-order valence-corrected chi connectivity index (χ3v) is 6.51.